The third-order valence-electron chi connectivity index (χ3n) is 1.37. The highest BCUT2D eigenvalue weighted by Crippen LogP contribution is 2.19. The van der Waals surface area contributed by atoms with Crippen LogP contribution in [0.15, 0.2) is 0 Å². The molecule has 1 atom stereocenters. The first-order valence-corrected chi connectivity index (χ1v) is 3.62. The topological polar surface area (TPSA) is 29.1 Å². The Labute approximate surface area is 69.1 Å². The van der Waals surface area contributed by atoms with Crippen LogP contribution in [0, 0.1) is 5.92 Å². The van der Waals surface area contributed by atoms with Gasteiger partial charge in [-0.25, -0.2) is 0 Å². The molecule has 0 saturated heterocycles. The van der Waals surface area contributed by atoms with Crippen molar-refractivity contribution in [3.05, 3.63) is 0 Å². The SMILES string of the molecule is CC(C)C(=O)N[C@@H](C)C(F)(F)F. The van der Waals surface area contributed by atoms with Gasteiger partial charge in [-0.15, -0.1) is 0 Å². The zero-order valence-corrected chi connectivity index (χ0v) is 7.20. The van der Waals surface area contributed by atoms with Gasteiger partial charge in [-0.2, -0.15) is 13.2 Å². The van der Waals surface area contributed by atoms with Gasteiger partial charge >= 0.3 is 6.18 Å². The standard InChI is InChI=1S/C7H12F3NO/c1-4(2)6(12)11-5(3)7(8,9)10/h4-5H,1-3H3,(H,11,12)/t5-/m0/s1. The minimum Gasteiger partial charge on any atom is -0.344 e. The summed E-state index contributed by atoms with van der Waals surface area (Å²) in [4.78, 5) is 10.8. The predicted octanol–water partition coefficient (Wildman–Crippen LogP) is 1.71. The van der Waals surface area contributed by atoms with Gasteiger partial charge < -0.3 is 5.32 Å². The first-order chi connectivity index (χ1) is 5.25. The van der Waals surface area contributed by atoms with Crippen molar-refractivity contribution in [1.29, 1.82) is 0 Å². The molecule has 0 aromatic heterocycles. The van der Waals surface area contributed by atoms with E-state index in [1.165, 1.54) is 0 Å². The van der Waals surface area contributed by atoms with Crippen LogP contribution >= 0.6 is 0 Å². The first kappa shape index (κ1) is 11.3. The largest absolute Gasteiger partial charge is 0.408 e. The number of amides is 1. The van der Waals surface area contributed by atoms with Crippen molar-refractivity contribution < 1.29 is 18.0 Å². The van der Waals surface area contributed by atoms with Crippen molar-refractivity contribution in [2.24, 2.45) is 5.92 Å². The second-order valence-electron chi connectivity index (χ2n) is 2.93. The summed E-state index contributed by atoms with van der Waals surface area (Å²) >= 11 is 0. The minimum absolute atomic E-state index is 0.421. The molecule has 2 nitrogen and oxygen atoms in total. The van der Waals surface area contributed by atoms with Crippen LogP contribution in [0.1, 0.15) is 20.8 Å². The summed E-state index contributed by atoms with van der Waals surface area (Å²) < 4.78 is 35.6. The summed E-state index contributed by atoms with van der Waals surface area (Å²) in [5.74, 6) is -1.00. The molecule has 1 N–H and O–H groups in total. The maximum atomic E-state index is 11.9. The third-order valence-corrected chi connectivity index (χ3v) is 1.37. The van der Waals surface area contributed by atoms with Crippen molar-refractivity contribution in [2.45, 2.75) is 33.0 Å². The molecule has 0 fully saturated rings. The number of carbonyl (C=O) groups is 1. The lowest BCUT2D eigenvalue weighted by molar-refractivity contribution is -0.159. The van der Waals surface area contributed by atoms with Gasteiger partial charge in [0.15, 0.2) is 0 Å². The van der Waals surface area contributed by atoms with Gasteiger partial charge in [-0.05, 0) is 6.92 Å². The Kier molecular flexibility index (Phi) is 3.55. The maximum absolute atomic E-state index is 11.9. The quantitative estimate of drug-likeness (QED) is 0.693. The van der Waals surface area contributed by atoms with E-state index in [-0.39, 0.29) is 0 Å². The van der Waals surface area contributed by atoms with Crippen molar-refractivity contribution in [1.82, 2.24) is 5.32 Å². The molecule has 0 aromatic rings. The van der Waals surface area contributed by atoms with E-state index in [9.17, 15) is 18.0 Å². The van der Waals surface area contributed by atoms with Gasteiger partial charge in [-0.1, -0.05) is 13.8 Å². The van der Waals surface area contributed by atoms with Crippen molar-refractivity contribution in [2.75, 3.05) is 0 Å². The number of hydrogen-bond acceptors (Lipinski definition) is 1. The summed E-state index contributed by atoms with van der Waals surface area (Å²) in [6.07, 6.45) is -4.36. The second kappa shape index (κ2) is 3.78. The Morgan fingerprint density at radius 3 is 1.92 bits per heavy atom. The Bertz CT molecular complexity index is 165. The van der Waals surface area contributed by atoms with Gasteiger partial charge in [-0.3, -0.25) is 4.79 Å². The molecule has 0 aliphatic heterocycles. The molecule has 0 rings (SSSR count). The van der Waals surface area contributed by atoms with Gasteiger partial charge in [0, 0.05) is 5.92 Å². The summed E-state index contributed by atoms with van der Waals surface area (Å²) in [5.41, 5.74) is 0. The van der Waals surface area contributed by atoms with E-state index in [2.05, 4.69) is 0 Å². The Morgan fingerprint density at radius 1 is 1.25 bits per heavy atom. The van der Waals surface area contributed by atoms with Crippen LogP contribution in [0.25, 0.3) is 0 Å². The average Bonchev–Trinajstić information content (AvgIpc) is 1.85. The lowest BCUT2D eigenvalue weighted by Crippen LogP contribution is -2.44. The molecule has 0 aliphatic rings. The molecule has 0 spiro atoms. The summed E-state index contributed by atoms with van der Waals surface area (Å²) in [6.45, 7) is 4.00. The molecule has 0 unspecified atom stereocenters. The predicted molar refractivity (Wildman–Crippen MR) is 38.5 cm³/mol. The van der Waals surface area contributed by atoms with Crippen molar-refractivity contribution in [3.63, 3.8) is 0 Å². The molecule has 72 valence electrons. The Balaban J connectivity index is 4.02. The van der Waals surface area contributed by atoms with Crippen LogP contribution in [0.2, 0.25) is 0 Å². The molecule has 0 bridgehead atoms. The van der Waals surface area contributed by atoms with Crippen LogP contribution in [0.3, 0.4) is 0 Å². The molecule has 0 radical (unpaired) electrons. The smallest absolute Gasteiger partial charge is 0.344 e. The molecule has 12 heavy (non-hydrogen) atoms. The highest BCUT2D eigenvalue weighted by Gasteiger charge is 2.37. The lowest BCUT2D eigenvalue weighted by atomic mass is 10.2. The normalized spacial score (nSPS) is 14.6. The number of rotatable bonds is 2. The molecular weight excluding hydrogens is 171 g/mol. The molecule has 5 heteroatoms. The van der Waals surface area contributed by atoms with Crippen molar-refractivity contribution in [3.8, 4) is 0 Å². The monoisotopic (exact) mass is 183 g/mol. The van der Waals surface area contributed by atoms with Crippen LogP contribution < -0.4 is 5.32 Å². The Morgan fingerprint density at radius 2 is 1.67 bits per heavy atom. The molecular formula is C7H12F3NO. The van der Waals surface area contributed by atoms with Gasteiger partial charge in [0.05, 0.1) is 0 Å². The number of carbonyl (C=O) groups excluding carboxylic acids is 1. The zero-order valence-electron chi connectivity index (χ0n) is 7.20. The summed E-state index contributed by atoms with van der Waals surface area (Å²) in [7, 11) is 0. The fraction of sp³-hybridized carbons (Fsp3) is 0.857. The lowest BCUT2D eigenvalue weighted by Gasteiger charge is -2.18. The third kappa shape index (κ3) is 3.59. The zero-order chi connectivity index (χ0) is 9.94. The number of nitrogens with one attached hydrogen (secondary N) is 1. The van der Waals surface area contributed by atoms with E-state index >= 15 is 0 Å². The van der Waals surface area contributed by atoms with Crippen molar-refractivity contribution >= 4 is 5.91 Å². The number of halogens is 3. The fourth-order valence-corrected chi connectivity index (χ4v) is 0.462. The molecule has 0 aromatic carbocycles. The Hall–Kier alpha value is -0.740. The molecule has 0 heterocycles. The van der Waals surface area contributed by atoms with E-state index in [1.807, 2.05) is 5.32 Å². The fourth-order valence-electron chi connectivity index (χ4n) is 0.462. The first-order valence-electron chi connectivity index (χ1n) is 3.62. The molecule has 0 aliphatic carbocycles. The highest BCUT2D eigenvalue weighted by molar-refractivity contribution is 5.78. The van der Waals surface area contributed by atoms with E-state index < -0.39 is 24.0 Å². The van der Waals surface area contributed by atoms with Crippen LogP contribution in [0.4, 0.5) is 13.2 Å². The van der Waals surface area contributed by atoms with Crippen LogP contribution in [-0.2, 0) is 4.79 Å². The highest BCUT2D eigenvalue weighted by atomic mass is 19.4. The minimum atomic E-state index is -4.36. The average molecular weight is 183 g/mol. The van der Waals surface area contributed by atoms with Crippen LogP contribution in [-0.4, -0.2) is 18.1 Å². The summed E-state index contributed by atoms with van der Waals surface area (Å²) in [5, 5.41) is 1.86. The van der Waals surface area contributed by atoms with Crippen LogP contribution in [0.5, 0.6) is 0 Å². The van der Waals surface area contributed by atoms with Gasteiger partial charge in [0.25, 0.3) is 0 Å². The summed E-state index contributed by atoms with van der Waals surface area (Å²) in [6, 6.07) is -1.77. The van der Waals surface area contributed by atoms with E-state index in [1.54, 1.807) is 13.8 Å². The van der Waals surface area contributed by atoms with E-state index in [4.69, 9.17) is 0 Å². The van der Waals surface area contributed by atoms with Gasteiger partial charge in [0.2, 0.25) is 5.91 Å². The maximum Gasteiger partial charge on any atom is 0.408 e. The molecule has 1 amide bonds. The number of alkyl halides is 3. The number of hydrogen-bond donors (Lipinski definition) is 1. The van der Waals surface area contributed by atoms with E-state index in [0.717, 1.165) is 6.92 Å². The van der Waals surface area contributed by atoms with E-state index in [0.29, 0.717) is 0 Å². The van der Waals surface area contributed by atoms with Gasteiger partial charge in [0.1, 0.15) is 6.04 Å². The second-order valence-corrected chi connectivity index (χ2v) is 2.93. The molecule has 0 saturated carbocycles.